The van der Waals surface area contributed by atoms with E-state index in [4.69, 9.17) is 0 Å². The molecule has 1 aromatic heterocycles. The lowest BCUT2D eigenvalue weighted by Crippen LogP contribution is -2.13. The fraction of sp³-hybridized carbons (Fsp3) is 0.0588. The lowest BCUT2D eigenvalue weighted by molar-refractivity contribution is 0.102. The van der Waals surface area contributed by atoms with E-state index in [1.165, 1.54) is 12.3 Å². The van der Waals surface area contributed by atoms with E-state index in [1.807, 2.05) is 0 Å². The maximum absolute atomic E-state index is 13.7. The van der Waals surface area contributed by atoms with Gasteiger partial charge in [0, 0.05) is 28.4 Å². The molecular formula is C17H10BrF4N3O. The molecule has 0 aliphatic heterocycles. The first-order chi connectivity index (χ1) is 12.3. The third-order valence-electron chi connectivity index (χ3n) is 3.49. The van der Waals surface area contributed by atoms with Gasteiger partial charge in [-0.15, -0.1) is 0 Å². The van der Waals surface area contributed by atoms with E-state index in [1.54, 1.807) is 24.3 Å². The van der Waals surface area contributed by atoms with Crippen molar-refractivity contribution in [1.82, 2.24) is 9.78 Å². The van der Waals surface area contributed by atoms with Crippen molar-refractivity contribution in [2.45, 2.75) is 6.54 Å². The maximum Gasteiger partial charge on any atom is 0.256 e. The van der Waals surface area contributed by atoms with Crippen LogP contribution < -0.4 is 5.32 Å². The third-order valence-corrected chi connectivity index (χ3v) is 3.99. The average molecular weight is 428 g/mol. The van der Waals surface area contributed by atoms with Crippen molar-refractivity contribution in [3.05, 3.63) is 81.5 Å². The molecule has 134 valence electrons. The molecule has 1 N–H and O–H groups in total. The van der Waals surface area contributed by atoms with Crippen molar-refractivity contribution in [3.8, 4) is 0 Å². The molecule has 0 saturated heterocycles. The van der Waals surface area contributed by atoms with Crippen LogP contribution in [-0.2, 0) is 6.54 Å². The van der Waals surface area contributed by atoms with E-state index in [0.29, 0.717) is 5.56 Å². The Balaban J connectivity index is 1.78. The number of carbonyl (C=O) groups is 1. The fourth-order valence-electron chi connectivity index (χ4n) is 2.26. The van der Waals surface area contributed by atoms with Crippen molar-refractivity contribution in [2.75, 3.05) is 5.32 Å². The summed E-state index contributed by atoms with van der Waals surface area (Å²) in [5.74, 6) is -6.28. The number of carbonyl (C=O) groups excluding carboxylic acids is 1. The summed E-state index contributed by atoms with van der Waals surface area (Å²) in [5, 5.41) is 6.45. The van der Waals surface area contributed by atoms with Gasteiger partial charge in [-0.05, 0) is 18.2 Å². The number of nitrogens with zero attached hydrogens (tertiary/aromatic N) is 2. The first kappa shape index (κ1) is 18.1. The monoisotopic (exact) mass is 427 g/mol. The predicted molar refractivity (Wildman–Crippen MR) is 89.7 cm³/mol. The van der Waals surface area contributed by atoms with Gasteiger partial charge in [-0.2, -0.15) is 5.10 Å². The predicted octanol–water partition coefficient (Wildman–Crippen LogP) is 4.50. The van der Waals surface area contributed by atoms with Crippen LogP contribution in [0.3, 0.4) is 0 Å². The summed E-state index contributed by atoms with van der Waals surface area (Å²) in [7, 11) is 0. The normalized spacial score (nSPS) is 10.8. The van der Waals surface area contributed by atoms with Crippen LogP contribution in [0.25, 0.3) is 0 Å². The maximum atomic E-state index is 13.7. The molecule has 3 rings (SSSR count). The van der Waals surface area contributed by atoms with E-state index < -0.39 is 41.3 Å². The molecule has 4 nitrogen and oxygen atoms in total. The molecule has 0 spiro atoms. The highest BCUT2D eigenvalue weighted by atomic mass is 79.9. The molecule has 0 aliphatic carbocycles. The number of benzene rings is 2. The summed E-state index contributed by atoms with van der Waals surface area (Å²) < 4.78 is 55.7. The zero-order chi connectivity index (χ0) is 18.8. The minimum Gasteiger partial charge on any atom is -0.305 e. The van der Waals surface area contributed by atoms with E-state index in [0.717, 1.165) is 9.15 Å². The van der Waals surface area contributed by atoms with Gasteiger partial charge >= 0.3 is 0 Å². The van der Waals surface area contributed by atoms with Crippen LogP contribution in [0.4, 0.5) is 23.4 Å². The Morgan fingerprint density at radius 3 is 2.42 bits per heavy atom. The number of halogens is 5. The van der Waals surface area contributed by atoms with Crippen LogP contribution in [0.2, 0.25) is 0 Å². The molecule has 26 heavy (non-hydrogen) atoms. The van der Waals surface area contributed by atoms with E-state index >= 15 is 0 Å². The Hall–Kier alpha value is -2.68. The van der Waals surface area contributed by atoms with Gasteiger partial charge in [-0.3, -0.25) is 9.48 Å². The van der Waals surface area contributed by atoms with Gasteiger partial charge in [0.1, 0.15) is 0 Å². The Morgan fingerprint density at radius 1 is 1.08 bits per heavy atom. The molecule has 0 bridgehead atoms. The fourth-order valence-corrected chi connectivity index (χ4v) is 2.66. The van der Waals surface area contributed by atoms with Crippen molar-refractivity contribution in [1.29, 1.82) is 0 Å². The smallest absolute Gasteiger partial charge is 0.256 e. The van der Waals surface area contributed by atoms with E-state index in [2.05, 4.69) is 26.3 Å². The minimum absolute atomic E-state index is 0.118. The lowest BCUT2D eigenvalue weighted by Gasteiger charge is -2.07. The van der Waals surface area contributed by atoms with Gasteiger partial charge in [0.05, 0.1) is 12.1 Å². The zero-order valence-corrected chi connectivity index (χ0v) is 14.5. The summed E-state index contributed by atoms with van der Waals surface area (Å²) in [6.07, 6.45) is 1.32. The molecule has 0 radical (unpaired) electrons. The largest absolute Gasteiger partial charge is 0.305 e. The van der Waals surface area contributed by atoms with E-state index in [-0.39, 0.29) is 11.9 Å². The Bertz CT molecular complexity index is 964. The molecule has 3 aromatic rings. The van der Waals surface area contributed by atoms with Crippen LogP contribution in [-0.4, -0.2) is 15.7 Å². The Morgan fingerprint density at radius 2 is 1.77 bits per heavy atom. The van der Waals surface area contributed by atoms with Crippen LogP contribution in [0.5, 0.6) is 0 Å². The highest BCUT2D eigenvalue weighted by molar-refractivity contribution is 9.10. The van der Waals surface area contributed by atoms with Gasteiger partial charge in [-0.25, -0.2) is 17.6 Å². The second-order valence-electron chi connectivity index (χ2n) is 5.31. The van der Waals surface area contributed by atoms with Crippen molar-refractivity contribution in [2.24, 2.45) is 0 Å². The number of anilines is 1. The Kier molecular flexibility index (Phi) is 5.08. The van der Waals surface area contributed by atoms with Crippen LogP contribution in [0.15, 0.2) is 47.1 Å². The summed E-state index contributed by atoms with van der Waals surface area (Å²) in [6, 6.07) is 8.17. The Labute approximate surface area is 153 Å². The number of hydrogen-bond donors (Lipinski definition) is 1. The standard InChI is InChI=1S/C17H10BrF4N3O/c18-10-3-1-2-9(6-10)17(26)23-14-4-5-25(24-14)8-11-15(21)12(19)7-13(20)16(11)22/h1-7H,8H2,(H,23,24,26). The first-order valence-electron chi connectivity index (χ1n) is 7.27. The molecule has 0 aliphatic rings. The first-order valence-corrected chi connectivity index (χ1v) is 8.06. The molecule has 0 fully saturated rings. The highest BCUT2D eigenvalue weighted by Crippen LogP contribution is 2.20. The second-order valence-corrected chi connectivity index (χ2v) is 6.23. The topological polar surface area (TPSA) is 46.9 Å². The number of nitrogens with one attached hydrogen (secondary N) is 1. The zero-order valence-electron chi connectivity index (χ0n) is 12.9. The molecule has 0 atom stereocenters. The molecular weight excluding hydrogens is 418 g/mol. The van der Waals surface area contributed by atoms with Crippen molar-refractivity contribution in [3.63, 3.8) is 0 Å². The van der Waals surface area contributed by atoms with Gasteiger partial charge in [-0.1, -0.05) is 22.0 Å². The van der Waals surface area contributed by atoms with Crippen LogP contribution in [0, 0.1) is 23.3 Å². The molecule has 0 unspecified atom stereocenters. The summed E-state index contributed by atoms with van der Waals surface area (Å²) >= 11 is 3.25. The van der Waals surface area contributed by atoms with Crippen molar-refractivity contribution >= 4 is 27.7 Å². The summed E-state index contributed by atoms with van der Waals surface area (Å²) in [5.41, 5.74) is -0.423. The molecule has 0 saturated carbocycles. The third kappa shape index (κ3) is 3.77. The summed E-state index contributed by atoms with van der Waals surface area (Å²) in [6.45, 7) is -0.543. The second kappa shape index (κ2) is 7.28. The summed E-state index contributed by atoms with van der Waals surface area (Å²) in [4.78, 5) is 12.1. The quantitative estimate of drug-likeness (QED) is 0.492. The number of aromatic nitrogens is 2. The molecule has 9 heteroatoms. The van der Waals surface area contributed by atoms with E-state index in [9.17, 15) is 22.4 Å². The van der Waals surface area contributed by atoms with Crippen molar-refractivity contribution < 1.29 is 22.4 Å². The number of amides is 1. The van der Waals surface area contributed by atoms with Crippen LogP contribution >= 0.6 is 15.9 Å². The number of rotatable bonds is 4. The van der Waals surface area contributed by atoms with Crippen LogP contribution in [0.1, 0.15) is 15.9 Å². The van der Waals surface area contributed by atoms with Gasteiger partial charge in [0.25, 0.3) is 5.91 Å². The number of hydrogen-bond acceptors (Lipinski definition) is 2. The molecule has 1 amide bonds. The van der Waals surface area contributed by atoms with Gasteiger partial charge in [0.2, 0.25) is 0 Å². The van der Waals surface area contributed by atoms with Gasteiger partial charge in [0.15, 0.2) is 29.1 Å². The van der Waals surface area contributed by atoms with Gasteiger partial charge < -0.3 is 5.32 Å². The molecule has 1 heterocycles. The molecule has 2 aromatic carbocycles. The lowest BCUT2D eigenvalue weighted by atomic mass is 10.2. The highest BCUT2D eigenvalue weighted by Gasteiger charge is 2.19. The minimum atomic E-state index is -1.49. The average Bonchev–Trinajstić information content (AvgIpc) is 3.04. The SMILES string of the molecule is O=C(Nc1ccn(Cc2c(F)c(F)cc(F)c2F)n1)c1cccc(Br)c1.